The number of aliphatic imine (C=N–C) groups is 1. The molecule has 0 aliphatic carbocycles. The van der Waals surface area contributed by atoms with E-state index in [1.54, 1.807) is 0 Å². The van der Waals surface area contributed by atoms with E-state index in [9.17, 15) is 0 Å². The highest BCUT2D eigenvalue weighted by Gasteiger charge is 2.13. The van der Waals surface area contributed by atoms with Gasteiger partial charge in [-0.2, -0.15) is 0 Å². The number of hydrogen-bond acceptors (Lipinski definition) is 2. The molecule has 2 nitrogen and oxygen atoms in total. The first-order chi connectivity index (χ1) is 10.6. The average molecular weight is 292 g/mol. The first-order valence-electron chi connectivity index (χ1n) is 8.10. The second-order valence-corrected chi connectivity index (χ2v) is 6.29. The maximum absolute atomic E-state index is 4.67. The minimum Gasteiger partial charge on any atom is -0.371 e. The summed E-state index contributed by atoms with van der Waals surface area (Å²) >= 11 is 0. The molecule has 2 aromatic carbocycles. The van der Waals surface area contributed by atoms with Gasteiger partial charge in [-0.05, 0) is 74.1 Å². The van der Waals surface area contributed by atoms with Crippen LogP contribution in [0.25, 0.3) is 0 Å². The molecule has 0 unspecified atom stereocenters. The van der Waals surface area contributed by atoms with Crippen molar-refractivity contribution in [3.8, 4) is 0 Å². The van der Waals surface area contributed by atoms with E-state index in [0.717, 1.165) is 5.69 Å². The standard InChI is InChI=1S/C20H24N2/c1-15-6-7-16(2)19(12-15)21-14-18-8-9-20(17(3)13-18)22-10-4-5-11-22/h6-9,12-14H,4-5,10-11H2,1-3H3. The van der Waals surface area contributed by atoms with Crippen molar-refractivity contribution in [1.82, 2.24) is 0 Å². The largest absolute Gasteiger partial charge is 0.371 e. The number of rotatable bonds is 3. The third-order valence-electron chi connectivity index (χ3n) is 4.38. The van der Waals surface area contributed by atoms with Gasteiger partial charge in [-0.25, -0.2) is 0 Å². The Morgan fingerprint density at radius 3 is 2.41 bits per heavy atom. The molecule has 3 rings (SSSR count). The van der Waals surface area contributed by atoms with Gasteiger partial charge in [0.15, 0.2) is 0 Å². The molecular formula is C20H24N2. The van der Waals surface area contributed by atoms with Crippen molar-refractivity contribution in [2.45, 2.75) is 33.6 Å². The molecule has 0 spiro atoms. The molecule has 114 valence electrons. The van der Waals surface area contributed by atoms with Gasteiger partial charge in [0.05, 0.1) is 5.69 Å². The van der Waals surface area contributed by atoms with Crippen LogP contribution in [0.2, 0.25) is 0 Å². The second kappa shape index (κ2) is 6.35. The van der Waals surface area contributed by atoms with Crippen LogP contribution in [0.3, 0.4) is 0 Å². The van der Waals surface area contributed by atoms with Gasteiger partial charge in [0.25, 0.3) is 0 Å². The summed E-state index contributed by atoms with van der Waals surface area (Å²) < 4.78 is 0. The van der Waals surface area contributed by atoms with E-state index in [1.165, 1.54) is 53.9 Å². The molecule has 0 atom stereocenters. The molecule has 1 aliphatic rings. The maximum atomic E-state index is 4.67. The number of anilines is 1. The van der Waals surface area contributed by atoms with Crippen molar-refractivity contribution in [2.75, 3.05) is 18.0 Å². The zero-order chi connectivity index (χ0) is 15.5. The van der Waals surface area contributed by atoms with Crippen LogP contribution in [0.15, 0.2) is 41.4 Å². The predicted molar refractivity (Wildman–Crippen MR) is 95.8 cm³/mol. The zero-order valence-corrected chi connectivity index (χ0v) is 13.8. The van der Waals surface area contributed by atoms with E-state index in [1.807, 2.05) is 6.21 Å². The van der Waals surface area contributed by atoms with Gasteiger partial charge >= 0.3 is 0 Å². The minimum absolute atomic E-state index is 1.06. The molecule has 0 radical (unpaired) electrons. The van der Waals surface area contributed by atoms with Crippen molar-refractivity contribution in [3.63, 3.8) is 0 Å². The van der Waals surface area contributed by atoms with Crippen molar-refractivity contribution in [3.05, 3.63) is 58.7 Å². The third-order valence-corrected chi connectivity index (χ3v) is 4.38. The van der Waals surface area contributed by atoms with Gasteiger partial charge < -0.3 is 4.90 Å². The predicted octanol–water partition coefficient (Wildman–Crippen LogP) is 4.96. The normalized spacial score (nSPS) is 15.0. The monoisotopic (exact) mass is 292 g/mol. The van der Waals surface area contributed by atoms with E-state index < -0.39 is 0 Å². The van der Waals surface area contributed by atoms with E-state index in [2.05, 4.69) is 67.1 Å². The SMILES string of the molecule is Cc1ccc(C)c(N=Cc2ccc(N3CCCC3)c(C)c2)c1. The van der Waals surface area contributed by atoms with E-state index in [0.29, 0.717) is 0 Å². The van der Waals surface area contributed by atoms with Crippen LogP contribution in [-0.2, 0) is 0 Å². The first-order valence-corrected chi connectivity index (χ1v) is 8.10. The van der Waals surface area contributed by atoms with Crippen LogP contribution in [0.1, 0.15) is 35.1 Å². The van der Waals surface area contributed by atoms with E-state index in [-0.39, 0.29) is 0 Å². The second-order valence-electron chi connectivity index (χ2n) is 6.29. The quantitative estimate of drug-likeness (QED) is 0.730. The number of benzene rings is 2. The molecule has 22 heavy (non-hydrogen) atoms. The molecule has 2 aromatic rings. The van der Waals surface area contributed by atoms with Gasteiger partial charge in [0.1, 0.15) is 0 Å². The van der Waals surface area contributed by atoms with E-state index >= 15 is 0 Å². The van der Waals surface area contributed by atoms with Crippen molar-refractivity contribution in [2.24, 2.45) is 4.99 Å². The summed E-state index contributed by atoms with van der Waals surface area (Å²) in [5, 5.41) is 0. The Bertz CT molecular complexity index is 695. The van der Waals surface area contributed by atoms with E-state index in [4.69, 9.17) is 0 Å². The van der Waals surface area contributed by atoms with Crippen LogP contribution in [0.5, 0.6) is 0 Å². The Labute approximate surface area is 133 Å². The highest BCUT2D eigenvalue weighted by Crippen LogP contribution is 2.25. The van der Waals surface area contributed by atoms with Crippen LogP contribution in [0, 0.1) is 20.8 Å². The fourth-order valence-corrected chi connectivity index (χ4v) is 3.07. The minimum atomic E-state index is 1.06. The Balaban J connectivity index is 1.82. The Morgan fingerprint density at radius 1 is 0.909 bits per heavy atom. The molecule has 0 amide bonds. The van der Waals surface area contributed by atoms with Crippen LogP contribution in [-0.4, -0.2) is 19.3 Å². The number of hydrogen-bond donors (Lipinski definition) is 0. The topological polar surface area (TPSA) is 15.6 Å². The summed E-state index contributed by atoms with van der Waals surface area (Å²) in [6, 6.07) is 13.0. The molecule has 1 fully saturated rings. The maximum Gasteiger partial charge on any atom is 0.0661 e. The lowest BCUT2D eigenvalue weighted by Crippen LogP contribution is -2.18. The van der Waals surface area contributed by atoms with Gasteiger partial charge in [-0.15, -0.1) is 0 Å². The average Bonchev–Trinajstić information content (AvgIpc) is 3.02. The number of nitrogens with zero attached hydrogens (tertiary/aromatic N) is 2. The molecule has 0 N–H and O–H groups in total. The van der Waals surface area contributed by atoms with Gasteiger partial charge in [0, 0.05) is 25.0 Å². The Kier molecular flexibility index (Phi) is 4.28. The van der Waals surface area contributed by atoms with Crippen molar-refractivity contribution >= 4 is 17.6 Å². The van der Waals surface area contributed by atoms with Gasteiger partial charge in [-0.1, -0.05) is 18.2 Å². The summed E-state index contributed by atoms with van der Waals surface area (Å²) in [6.45, 7) is 8.79. The highest BCUT2D eigenvalue weighted by molar-refractivity contribution is 5.83. The summed E-state index contributed by atoms with van der Waals surface area (Å²) in [7, 11) is 0. The lowest BCUT2D eigenvalue weighted by molar-refractivity contribution is 0.949. The Hall–Kier alpha value is -2.09. The van der Waals surface area contributed by atoms with Gasteiger partial charge in [0.2, 0.25) is 0 Å². The molecular weight excluding hydrogens is 268 g/mol. The fourth-order valence-electron chi connectivity index (χ4n) is 3.07. The first kappa shape index (κ1) is 14.8. The summed E-state index contributed by atoms with van der Waals surface area (Å²) in [4.78, 5) is 7.15. The van der Waals surface area contributed by atoms with Crippen LogP contribution < -0.4 is 4.90 Å². The van der Waals surface area contributed by atoms with Crippen molar-refractivity contribution < 1.29 is 0 Å². The Morgan fingerprint density at radius 2 is 1.68 bits per heavy atom. The third kappa shape index (κ3) is 3.22. The van der Waals surface area contributed by atoms with Crippen LogP contribution >= 0.6 is 0 Å². The van der Waals surface area contributed by atoms with Crippen LogP contribution in [0.4, 0.5) is 11.4 Å². The summed E-state index contributed by atoms with van der Waals surface area (Å²) in [5.41, 5.74) is 7.40. The lowest BCUT2D eigenvalue weighted by atomic mass is 10.1. The zero-order valence-electron chi connectivity index (χ0n) is 13.8. The molecule has 1 saturated heterocycles. The molecule has 0 saturated carbocycles. The molecule has 2 heteroatoms. The fraction of sp³-hybridized carbons (Fsp3) is 0.350. The molecule has 1 aliphatic heterocycles. The smallest absolute Gasteiger partial charge is 0.0661 e. The highest BCUT2D eigenvalue weighted by atomic mass is 15.1. The summed E-state index contributed by atoms with van der Waals surface area (Å²) in [5.74, 6) is 0. The lowest BCUT2D eigenvalue weighted by Gasteiger charge is -2.20. The molecule has 1 heterocycles. The summed E-state index contributed by atoms with van der Waals surface area (Å²) in [6.07, 6.45) is 4.60. The number of aryl methyl sites for hydroxylation is 3. The molecule has 0 aromatic heterocycles. The van der Waals surface area contributed by atoms with Gasteiger partial charge in [-0.3, -0.25) is 4.99 Å². The van der Waals surface area contributed by atoms with Crippen molar-refractivity contribution in [1.29, 1.82) is 0 Å². The molecule has 0 bridgehead atoms.